The van der Waals surface area contributed by atoms with Crippen LogP contribution in [0.1, 0.15) is 32.1 Å². The Bertz CT molecular complexity index is 423. The van der Waals surface area contributed by atoms with Crippen molar-refractivity contribution in [3.05, 3.63) is 0 Å². The van der Waals surface area contributed by atoms with E-state index < -0.39 is 15.9 Å². The fraction of sp³-hybridized carbons (Fsp3) is 1.00. The van der Waals surface area contributed by atoms with Crippen molar-refractivity contribution in [2.45, 2.75) is 49.8 Å². The standard InChI is InChI=1S/C13H24N2O3S/c16-12-9-19(17,18)8-11(12)15-7-6-14-10-13(15)4-2-1-3-5-13/h11-12,14,16H,1-10H2. The summed E-state index contributed by atoms with van der Waals surface area (Å²) in [6, 6.07) is -0.190. The summed E-state index contributed by atoms with van der Waals surface area (Å²) in [5, 5.41) is 13.6. The lowest BCUT2D eigenvalue weighted by molar-refractivity contribution is -0.0346. The molecule has 1 spiro atoms. The van der Waals surface area contributed by atoms with E-state index >= 15 is 0 Å². The fourth-order valence-corrected chi connectivity index (χ4v) is 5.96. The lowest BCUT2D eigenvalue weighted by atomic mass is 9.78. The first-order valence-corrected chi connectivity index (χ1v) is 9.21. The van der Waals surface area contributed by atoms with Crippen LogP contribution in [0.15, 0.2) is 0 Å². The van der Waals surface area contributed by atoms with Crippen molar-refractivity contribution in [1.82, 2.24) is 10.2 Å². The zero-order valence-corrected chi connectivity index (χ0v) is 12.2. The van der Waals surface area contributed by atoms with E-state index in [1.54, 1.807) is 0 Å². The van der Waals surface area contributed by atoms with E-state index in [4.69, 9.17) is 0 Å². The van der Waals surface area contributed by atoms with E-state index in [0.717, 1.165) is 32.5 Å². The molecule has 19 heavy (non-hydrogen) atoms. The quantitative estimate of drug-likeness (QED) is 0.696. The number of rotatable bonds is 1. The highest BCUT2D eigenvalue weighted by molar-refractivity contribution is 7.91. The first kappa shape index (κ1) is 13.8. The lowest BCUT2D eigenvalue weighted by Gasteiger charge is -2.52. The highest BCUT2D eigenvalue weighted by Crippen LogP contribution is 2.37. The number of hydrogen-bond donors (Lipinski definition) is 2. The highest BCUT2D eigenvalue weighted by Gasteiger charge is 2.49. The maximum atomic E-state index is 11.8. The number of aliphatic hydroxyl groups excluding tert-OH is 1. The van der Waals surface area contributed by atoms with Gasteiger partial charge in [0.2, 0.25) is 0 Å². The van der Waals surface area contributed by atoms with Gasteiger partial charge in [-0.25, -0.2) is 8.42 Å². The van der Waals surface area contributed by atoms with Gasteiger partial charge in [0.15, 0.2) is 9.84 Å². The van der Waals surface area contributed by atoms with Crippen LogP contribution in [0.4, 0.5) is 0 Å². The van der Waals surface area contributed by atoms with E-state index in [9.17, 15) is 13.5 Å². The minimum Gasteiger partial charge on any atom is -0.390 e. The van der Waals surface area contributed by atoms with Crippen molar-refractivity contribution in [1.29, 1.82) is 0 Å². The van der Waals surface area contributed by atoms with Gasteiger partial charge < -0.3 is 10.4 Å². The molecule has 0 radical (unpaired) electrons. The molecule has 0 aromatic carbocycles. The second-order valence-electron chi connectivity index (χ2n) is 6.37. The topological polar surface area (TPSA) is 69.6 Å². The summed E-state index contributed by atoms with van der Waals surface area (Å²) >= 11 is 0. The molecule has 2 saturated heterocycles. The molecule has 3 aliphatic rings. The Labute approximate surface area is 115 Å². The Hall–Kier alpha value is -0.170. The summed E-state index contributed by atoms with van der Waals surface area (Å²) in [5.74, 6) is 0.0770. The molecule has 110 valence electrons. The molecule has 2 unspecified atom stereocenters. The monoisotopic (exact) mass is 288 g/mol. The van der Waals surface area contributed by atoms with Crippen LogP contribution in [0.2, 0.25) is 0 Å². The fourth-order valence-electron chi connectivity index (χ4n) is 4.16. The maximum Gasteiger partial charge on any atom is 0.154 e. The first-order chi connectivity index (χ1) is 9.03. The molecular weight excluding hydrogens is 264 g/mol. The number of hydrogen-bond acceptors (Lipinski definition) is 5. The molecule has 5 nitrogen and oxygen atoms in total. The molecule has 1 saturated carbocycles. The van der Waals surface area contributed by atoms with Gasteiger partial charge >= 0.3 is 0 Å². The highest BCUT2D eigenvalue weighted by atomic mass is 32.2. The van der Waals surface area contributed by atoms with E-state index in [1.807, 2.05) is 0 Å². The van der Waals surface area contributed by atoms with E-state index in [0.29, 0.717) is 0 Å². The smallest absolute Gasteiger partial charge is 0.154 e. The molecule has 2 aliphatic heterocycles. The van der Waals surface area contributed by atoms with Crippen LogP contribution >= 0.6 is 0 Å². The van der Waals surface area contributed by atoms with Crippen LogP contribution in [0, 0.1) is 0 Å². The van der Waals surface area contributed by atoms with E-state index in [1.165, 1.54) is 19.3 Å². The molecule has 3 rings (SSSR count). The van der Waals surface area contributed by atoms with Gasteiger partial charge in [-0.05, 0) is 12.8 Å². The third kappa shape index (κ3) is 2.55. The van der Waals surface area contributed by atoms with Crippen molar-refractivity contribution in [2.75, 3.05) is 31.1 Å². The average Bonchev–Trinajstić information content (AvgIpc) is 2.64. The molecule has 2 heterocycles. The number of aliphatic hydroxyl groups is 1. The van der Waals surface area contributed by atoms with Gasteiger partial charge in [0, 0.05) is 25.2 Å². The predicted molar refractivity (Wildman–Crippen MR) is 73.8 cm³/mol. The van der Waals surface area contributed by atoms with E-state index in [2.05, 4.69) is 10.2 Å². The van der Waals surface area contributed by atoms with Crippen molar-refractivity contribution in [3.8, 4) is 0 Å². The van der Waals surface area contributed by atoms with Crippen LogP contribution in [0.3, 0.4) is 0 Å². The summed E-state index contributed by atoms with van der Waals surface area (Å²) in [7, 11) is -3.06. The summed E-state index contributed by atoms with van der Waals surface area (Å²) in [6.45, 7) is 2.69. The SMILES string of the molecule is O=S1(=O)CC(O)C(N2CCNCC23CCCCC3)C1. The number of sulfone groups is 1. The summed E-state index contributed by atoms with van der Waals surface area (Å²) < 4.78 is 23.5. The molecular formula is C13H24N2O3S. The van der Waals surface area contributed by atoms with Gasteiger partial charge in [0.25, 0.3) is 0 Å². The molecule has 1 aliphatic carbocycles. The van der Waals surface area contributed by atoms with Crippen LogP contribution in [0.25, 0.3) is 0 Å². The molecule has 3 fully saturated rings. The minimum atomic E-state index is -3.06. The van der Waals surface area contributed by atoms with Crippen LogP contribution in [-0.4, -0.2) is 67.2 Å². The van der Waals surface area contributed by atoms with Crippen molar-refractivity contribution in [2.24, 2.45) is 0 Å². The van der Waals surface area contributed by atoms with Crippen molar-refractivity contribution < 1.29 is 13.5 Å². The van der Waals surface area contributed by atoms with Gasteiger partial charge in [-0.15, -0.1) is 0 Å². The average molecular weight is 288 g/mol. The summed E-state index contributed by atoms with van der Waals surface area (Å²) in [4.78, 5) is 2.33. The molecule has 2 N–H and O–H groups in total. The Morgan fingerprint density at radius 1 is 1.16 bits per heavy atom. The van der Waals surface area contributed by atoms with Gasteiger partial charge in [-0.3, -0.25) is 4.90 Å². The number of piperazine rings is 1. The molecule has 0 aromatic rings. The zero-order chi connectivity index (χ0) is 13.5. The minimum absolute atomic E-state index is 0.0579. The van der Waals surface area contributed by atoms with Gasteiger partial charge in [-0.2, -0.15) is 0 Å². The second-order valence-corrected chi connectivity index (χ2v) is 8.52. The Morgan fingerprint density at radius 2 is 1.89 bits per heavy atom. The first-order valence-electron chi connectivity index (χ1n) is 7.38. The van der Waals surface area contributed by atoms with Crippen molar-refractivity contribution >= 4 is 9.84 Å². The van der Waals surface area contributed by atoms with Crippen molar-refractivity contribution in [3.63, 3.8) is 0 Å². The van der Waals surface area contributed by atoms with Crippen LogP contribution in [0.5, 0.6) is 0 Å². The Kier molecular flexibility index (Phi) is 3.62. The summed E-state index contributed by atoms with van der Waals surface area (Å²) in [6.07, 6.45) is 5.26. The summed E-state index contributed by atoms with van der Waals surface area (Å²) in [5.41, 5.74) is 0.0853. The largest absolute Gasteiger partial charge is 0.390 e. The molecule has 0 aromatic heterocycles. The number of nitrogens with zero attached hydrogens (tertiary/aromatic N) is 1. The molecule has 2 atom stereocenters. The third-order valence-corrected chi connectivity index (χ3v) is 6.77. The second kappa shape index (κ2) is 4.98. The lowest BCUT2D eigenvalue weighted by Crippen LogP contribution is -2.66. The normalized spacial score (nSPS) is 38.6. The Balaban J connectivity index is 1.84. The third-order valence-electron chi connectivity index (χ3n) is 5.07. The van der Waals surface area contributed by atoms with Gasteiger partial charge in [-0.1, -0.05) is 19.3 Å². The van der Waals surface area contributed by atoms with Crippen LogP contribution in [-0.2, 0) is 9.84 Å². The maximum absolute atomic E-state index is 11.8. The predicted octanol–water partition coefficient (Wildman–Crippen LogP) is -0.248. The molecule has 0 bridgehead atoms. The molecule has 6 heteroatoms. The zero-order valence-electron chi connectivity index (χ0n) is 11.3. The molecule has 0 amide bonds. The van der Waals surface area contributed by atoms with E-state index in [-0.39, 0.29) is 23.1 Å². The van der Waals surface area contributed by atoms with Gasteiger partial charge in [0.05, 0.1) is 23.7 Å². The number of nitrogens with one attached hydrogen (secondary N) is 1. The van der Waals surface area contributed by atoms with Crippen LogP contribution < -0.4 is 5.32 Å². The Morgan fingerprint density at radius 3 is 2.53 bits per heavy atom. The van der Waals surface area contributed by atoms with Gasteiger partial charge in [0.1, 0.15) is 0 Å².